The Labute approximate surface area is 116 Å². The third-order valence-corrected chi connectivity index (χ3v) is 4.30. The topological polar surface area (TPSA) is 21.3 Å². The molecule has 2 rings (SSSR count). The van der Waals surface area contributed by atoms with E-state index < -0.39 is 0 Å². The van der Waals surface area contributed by atoms with E-state index in [1.807, 2.05) is 13.0 Å². The van der Waals surface area contributed by atoms with Crippen LogP contribution in [0.4, 0.5) is 10.1 Å². The van der Waals surface area contributed by atoms with E-state index in [0.29, 0.717) is 5.69 Å². The molecule has 0 bridgehead atoms. The van der Waals surface area contributed by atoms with E-state index in [0.717, 1.165) is 17.5 Å². The largest absolute Gasteiger partial charge is 0.379 e. The van der Waals surface area contributed by atoms with E-state index >= 15 is 0 Å². The van der Waals surface area contributed by atoms with Gasteiger partial charge < -0.3 is 10.1 Å². The van der Waals surface area contributed by atoms with Crippen molar-refractivity contribution in [1.82, 2.24) is 0 Å². The zero-order valence-corrected chi connectivity index (χ0v) is 12.6. The summed E-state index contributed by atoms with van der Waals surface area (Å²) in [4.78, 5) is 0. The lowest BCUT2D eigenvalue weighted by atomic mass is 9.64. The minimum Gasteiger partial charge on any atom is -0.379 e. The molecule has 2 atom stereocenters. The Balaban J connectivity index is 2.03. The molecule has 0 amide bonds. The zero-order valence-electron chi connectivity index (χ0n) is 11.0. The molecule has 1 fully saturated rings. The second-order valence-corrected chi connectivity index (χ2v) is 6.24. The van der Waals surface area contributed by atoms with Crippen molar-refractivity contribution in [2.24, 2.45) is 5.41 Å². The predicted octanol–water partition coefficient (Wildman–Crippen LogP) is 4.20. The molecule has 1 aliphatic rings. The van der Waals surface area contributed by atoms with Gasteiger partial charge >= 0.3 is 0 Å². The summed E-state index contributed by atoms with van der Waals surface area (Å²) in [7, 11) is 0. The minimum absolute atomic E-state index is 0.0372. The molecule has 1 aliphatic carbocycles. The van der Waals surface area contributed by atoms with E-state index in [9.17, 15) is 4.39 Å². The van der Waals surface area contributed by atoms with Gasteiger partial charge in [-0.25, -0.2) is 4.39 Å². The first-order chi connectivity index (χ1) is 8.45. The predicted molar refractivity (Wildman–Crippen MR) is 75.3 cm³/mol. The lowest BCUT2D eigenvalue weighted by molar-refractivity contribution is -0.0976. The highest BCUT2D eigenvalue weighted by molar-refractivity contribution is 9.10. The van der Waals surface area contributed by atoms with E-state index in [1.165, 1.54) is 6.07 Å². The molecule has 100 valence electrons. The molecule has 18 heavy (non-hydrogen) atoms. The summed E-state index contributed by atoms with van der Waals surface area (Å²) in [6.45, 7) is 7.05. The molecule has 0 aromatic heterocycles. The van der Waals surface area contributed by atoms with Crippen molar-refractivity contribution in [2.45, 2.75) is 39.3 Å². The number of hydrogen-bond acceptors (Lipinski definition) is 2. The fourth-order valence-electron chi connectivity index (χ4n) is 2.41. The van der Waals surface area contributed by atoms with Gasteiger partial charge in [-0.15, -0.1) is 0 Å². The monoisotopic (exact) mass is 315 g/mol. The number of nitrogens with one attached hydrogen (secondary N) is 1. The van der Waals surface area contributed by atoms with Crippen molar-refractivity contribution in [2.75, 3.05) is 11.9 Å². The SMILES string of the molecule is CCOC1CC(Nc2ccc(Br)cc2F)C1(C)C. The Hall–Kier alpha value is -0.610. The van der Waals surface area contributed by atoms with E-state index in [1.54, 1.807) is 6.07 Å². The molecular weight excluding hydrogens is 297 g/mol. The molecule has 0 heterocycles. The van der Waals surface area contributed by atoms with Gasteiger partial charge in [-0.05, 0) is 31.5 Å². The smallest absolute Gasteiger partial charge is 0.147 e. The van der Waals surface area contributed by atoms with Gasteiger partial charge in [-0.2, -0.15) is 0 Å². The molecule has 0 radical (unpaired) electrons. The quantitative estimate of drug-likeness (QED) is 0.899. The second-order valence-electron chi connectivity index (χ2n) is 5.32. The first kappa shape index (κ1) is 13.8. The number of hydrogen-bond donors (Lipinski definition) is 1. The van der Waals surface area contributed by atoms with Gasteiger partial charge in [0.25, 0.3) is 0 Å². The summed E-state index contributed by atoms with van der Waals surface area (Å²) in [6.07, 6.45) is 1.19. The maximum Gasteiger partial charge on any atom is 0.147 e. The zero-order chi connectivity index (χ0) is 13.3. The third-order valence-electron chi connectivity index (χ3n) is 3.81. The highest BCUT2D eigenvalue weighted by atomic mass is 79.9. The normalized spacial score (nSPS) is 25.6. The highest BCUT2D eigenvalue weighted by Crippen LogP contribution is 2.44. The van der Waals surface area contributed by atoms with Gasteiger partial charge in [-0.3, -0.25) is 0 Å². The van der Waals surface area contributed by atoms with Crippen LogP contribution in [0, 0.1) is 11.2 Å². The van der Waals surface area contributed by atoms with Crippen LogP contribution >= 0.6 is 15.9 Å². The third kappa shape index (κ3) is 2.54. The van der Waals surface area contributed by atoms with E-state index in [2.05, 4.69) is 35.1 Å². The molecule has 1 N–H and O–H groups in total. The molecule has 2 nitrogen and oxygen atoms in total. The van der Waals surface area contributed by atoms with Crippen LogP contribution in [0.15, 0.2) is 22.7 Å². The van der Waals surface area contributed by atoms with Gasteiger partial charge in [-0.1, -0.05) is 29.8 Å². The van der Waals surface area contributed by atoms with Gasteiger partial charge in [0.1, 0.15) is 5.82 Å². The van der Waals surface area contributed by atoms with Crippen molar-refractivity contribution >= 4 is 21.6 Å². The van der Waals surface area contributed by atoms with Crippen molar-refractivity contribution < 1.29 is 9.13 Å². The van der Waals surface area contributed by atoms with Crippen molar-refractivity contribution in [1.29, 1.82) is 0 Å². The number of rotatable bonds is 4. The molecular formula is C14H19BrFNO. The number of ether oxygens (including phenoxy) is 1. The lowest BCUT2D eigenvalue weighted by Crippen LogP contribution is -2.58. The Morgan fingerprint density at radius 1 is 1.50 bits per heavy atom. The molecule has 0 aliphatic heterocycles. The van der Waals surface area contributed by atoms with E-state index in [-0.39, 0.29) is 23.4 Å². The Kier molecular flexibility index (Phi) is 3.97. The lowest BCUT2D eigenvalue weighted by Gasteiger charge is -2.52. The first-order valence-corrected chi connectivity index (χ1v) is 7.07. The van der Waals surface area contributed by atoms with Crippen molar-refractivity contribution in [3.8, 4) is 0 Å². The highest BCUT2D eigenvalue weighted by Gasteiger charge is 2.49. The summed E-state index contributed by atoms with van der Waals surface area (Å²) in [5, 5.41) is 3.28. The van der Waals surface area contributed by atoms with Gasteiger partial charge in [0, 0.05) is 22.5 Å². The van der Waals surface area contributed by atoms with E-state index in [4.69, 9.17) is 4.74 Å². The van der Waals surface area contributed by atoms with Crippen LogP contribution in [-0.4, -0.2) is 18.8 Å². The minimum atomic E-state index is -0.222. The number of anilines is 1. The summed E-state index contributed by atoms with van der Waals surface area (Å²) in [5.74, 6) is -0.222. The Bertz CT molecular complexity index is 436. The average molecular weight is 316 g/mol. The van der Waals surface area contributed by atoms with Crippen LogP contribution in [0.25, 0.3) is 0 Å². The Morgan fingerprint density at radius 3 is 2.78 bits per heavy atom. The van der Waals surface area contributed by atoms with Crippen LogP contribution < -0.4 is 5.32 Å². The van der Waals surface area contributed by atoms with Gasteiger partial charge in [0.2, 0.25) is 0 Å². The average Bonchev–Trinajstić information content (AvgIpc) is 2.30. The van der Waals surface area contributed by atoms with Crippen LogP contribution in [0.5, 0.6) is 0 Å². The summed E-state index contributed by atoms with van der Waals surface area (Å²) in [6, 6.07) is 5.35. The van der Waals surface area contributed by atoms with Crippen LogP contribution in [0.2, 0.25) is 0 Å². The van der Waals surface area contributed by atoms with Gasteiger partial charge in [0.05, 0.1) is 11.8 Å². The summed E-state index contributed by atoms with van der Waals surface area (Å²) in [5.41, 5.74) is 0.599. The molecule has 0 saturated heterocycles. The molecule has 0 spiro atoms. The maximum atomic E-state index is 13.7. The number of halogens is 2. The summed E-state index contributed by atoms with van der Waals surface area (Å²) < 4.78 is 20.2. The fraction of sp³-hybridized carbons (Fsp3) is 0.571. The first-order valence-electron chi connectivity index (χ1n) is 6.28. The van der Waals surface area contributed by atoms with Crippen LogP contribution in [0.3, 0.4) is 0 Å². The van der Waals surface area contributed by atoms with Crippen LogP contribution in [-0.2, 0) is 4.74 Å². The Morgan fingerprint density at radius 2 is 2.22 bits per heavy atom. The molecule has 4 heteroatoms. The number of benzene rings is 1. The van der Waals surface area contributed by atoms with Crippen molar-refractivity contribution in [3.63, 3.8) is 0 Å². The molecule has 2 unspecified atom stereocenters. The molecule has 1 saturated carbocycles. The fourth-order valence-corrected chi connectivity index (χ4v) is 2.74. The van der Waals surface area contributed by atoms with Crippen LogP contribution in [0.1, 0.15) is 27.2 Å². The standard InChI is InChI=1S/C14H19BrFNO/c1-4-18-13-8-12(14(13,2)3)17-11-6-5-9(15)7-10(11)16/h5-7,12-13,17H,4,8H2,1-3H3. The maximum absolute atomic E-state index is 13.7. The second kappa shape index (κ2) is 5.17. The summed E-state index contributed by atoms with van der Waals surface area (Å²) >= 11 is 3.26. The van der Waals surface area contributed by atoms with Crippen molar-refractivity contribution in [3.05, 3.63) is 28.5 Å². The molecule has 1 aromatic rings. The molecule has 1 aromatic carbocycles. The van der Waals surface area contributed by atoms with Gasteiger partial charge in [0.15, 0.2) is 0 Å².